The third-order valence-corrected chi connectivity index (χ3v) is 6.14. The molecule has 1 amide bonds. The molecule has 128 valence electrons. The molecular weight excluding hydrogens is 336 g/mol. The number of rotatable bonds is 5. The van der Waals surface area contributed by atoms with Crippen molar-refractivity contribution in [3.05, 3.63) is 34.9 Å². The van der Waals surface area contributed by atoms with Gasteiger partial charge in [-0.25, -0.2) is 12.7 Å². The lowest BCUT2D eigenvalue weighted by Gasteiger charge is -2.31. The van der Waals surface area contributed by atoms with E-state index in [4.69, 9.17) is 11.6 Å². The summed E-state index contributed by atoms with van der Waals surface area (Å²) < 4.78 is 26.5. The molecule has 0 spiro atoms. The number of nitrogens with one attached hydrogen (secondary N) is 1. The molecule has 1 N–H and O–H groups in total. The molecule has 1 aliphatic rings. The van der Waals surface area contributed by atoms with Crippen LogP contribution in [0.15, 0.2) is 24.3 Å². The monoisotopic (exact) mass is 358 g/mol. The molecule has 1 aromatic rings. The van der Waals surface area contributed by atoms with Crippen molar-refractivity contribution in [3.63, 3.8) is 0 Å². The minimum absolute atomic E-state index is 0.0168. The number of sulfonamides is 1. The van der Waals surface area contributed by atoms with Gasteiger partial charge in [0.1, 0.15) is 0 Å². The van der Waals surface area contributed by atoms with Crippen LogP contribution in [-0.4, -0.2) is 37.8 Å². The van der Waals surface area contributed by atoms with Crippen LogP contribution >= 0.6 is 11.6 Å². The molecule has 1 heterocycles. The van der Waals surface area contributed by atoms with Crippen molar-refractivity contribution in [2.75, 3.05) is 13.1 Å². The Hall–Kier alpha value is -1.11. The summed E-state index contributed by atoms with van der Waals surface area (Å²) in [5.41, 5.74) is 0.605. The summed E-state index contributed by atoms with van der Waals surface area (Å²) in [5, 5.41) is 3.35. The Morgan fingerprint density at radius 3 is 2.48 bits per heavy atom. The van der Waals surface area contributed by atoms with Crippen LogP contribution in [0.1, 0.15) is 32.3 Å². The molecule has 1 aliphatic heterocycles. The third kappa shape index (κ3) is 4.93. The maximum Gasteiger partial charge on any atom is 0.223 e. The summed E-state index contributed by atoms with van der Waals surface area (Å²) in [6.45, 7) is 4.59. The van der Waals surface area contributed by atoms with Gasteiger partial charge in [0.25, 0.3) is 0 Å². The summed E-state index contributed by atoms with van der Waals surface area (Å²) in [7, 11) is -3.41. The zero-order valence-corrected chi connectivity index (χ0v) is 15.0. The molecule has 5 nitrogen and oxygen atoms in total. The van der Waals surface area contributed by atoms with Gasteiger partial charge < -0.3 is 5.32 Å². The molecule has 1 saturated heterocycles. The number of carbonyl (C=O) groups is 1. The second kappa shape index (κ2) is 7.64. The van der Waals surface area contributed by atoms with Crippen LogP contribution in [0.3, 0.4) is 0 Å². The fraction of sp³-hybridized carbons (Fsp3) is 0.562. The van der Waals surface area contributed by atoms with Gasteiger partial charge in [0, 0.05) is 30.1 Å². The zero-order valence-electron chi connectivity index (χ0n) is 13.5. The van der Waals surface area contributed by atoms with Crippen molar-refractivity contribution in [1.82, 2.24) is 9.62 Å². The Bertz CT molecular complexity index is 653. The zero-order chi connectivity index (χ0) is 17.0. The van der Waals surface area contributed by atoms with Gasteiger partial charge >= 0.3 is 0 Å². The van der Waals surface area contributed by atoms with Gasteiger partial charge in [0.2, 0.25) is 15.9 Å². The van der Waals surface area contributed by atoms with Crippen molar-refractivity contribution in [2.24, 2.45) is 5.92 Å². The van der Waals surface area contributed by atoms with E-state index >= 15 is 0 Å². The van der Waals surface area contributed by atoms with E-state index in [1.165, 1.54) is 4.31 Å². The molecule has 0 bridgehead atoms. The fourth-order valence-corrected chi connectivity index (χ4v) is 4.58. The second-order valence-electron chi connectivity index (χ2n) is 6.18. The summed E-state index contributed by atoms with van der Waals surface area (Å²) in [6, 6.07) is 7.07. The predicted octanol–water partition coefficient (Wildman–Crippen LogP) is 2.41. The van der Waals surface area contributed by atoms with Crippen LogP contribution in [0.25, 0.3) is 0 Å². The predicted molar refractivity (Wildman–Crippen MR) is 91.7 cm³/mol. The van der Waals surface area contributed by atoms with Crippen molar-refractivity contribution >= 4 is 27.5 Å². The largest absolute Gasteiger partial charge is 0.354 e. The molecule has 23 heavy (non-hydrogen) atoms. The van der Waals surface area contributed by atoms with Gasteiger partial charge in [0.15, 0.2) is 0 Å². The summed E-state index contributed by atoms with van der Waals surface area (Å²) >= 11 is 6.05. The molecule has 0 aromatic heterocycles. The highest BCUT2D eigenvalue weighted by atomic mass is 35.5. The van der Waals surface area contributed by atoms with E-state index < -0.39 is 10.0 Å². The highest BCUT2D eigenvalue weighted by molar-refractivity contribution is 7.88. The van der Waals surface area contributed by atoms with Gasteiger partial charge in [-0.1, -0.05) is 29.8 Å². The van der Waals surface area contributed by atoms with Crippen molar-refractivity contribution in [2.45, 2.75) is 38.5 Å². The molecule has 0 aliphatic carbocycles. The van der Waals surface area contributed by atoms with Crippen LogP contribution in [0.2, 0.25) is 5.02 Å². The smallest absolute Gasteiger partial charge is 0.223 e. The van der Waals surface area contributed by atoms with E-state index in [0.717, 1.165) is 0 Å². The van der Waals surface area contributed by atoms with Gasteiger partial charge in [0.05, 0.1) is 5.75 Å². The number of hydrogen-bond donors (Lipinski definition) is 1. The summed E-state index contributed by atoms with van der Waals surface area (Å²) in [5.74, 6) is -0.192. The number of carbonyl (C=O) groups excluding carboxylic acids is 1. The standard InChI is InChI=1S/C16H23ClN2O3S/c1-12(2)18-16(20)13-7-9-19(10-8-13)23(21,22)11-14-5-3-4-6-15(14)17/h3-6,12-13H,7-11H2,1-2H3,(H,18,20). The van der Waals surface area contributed by atoms with Crippen LogP contribution in [0, 0.1) is 5.92 Å². The molecule has 0 unspecified atom stereocenters. The number of halogens is 1. The van der Waals surface area contributed by atoms with E-state index in [9.17, 15) is 13.2 Å². The molecule has 0 atom stereocenters. The molecule has 0 saturated carbocycles. The first kappa shape index (κ1) is 18.2. The molecule has 2 rings (SSSR count). The Balaban J connectivity index is 1.96. The van der Waals surface area contributed by atoms with E-state index in [-0.39, 0.29) is 23.6 Å². The van der Waals surface area contributed by atoms with Crippen LogP contribution in [0.4, 0.5) is 0 Å². The average Bonchev–Trinajstić information content (AvgIpc) is 2.49. The minimum Gasteiger partial charge on any atom is -0.354 e. The highest BCUT2D eigenvalue weighted by Gasteiger charge is 2.31. The summed E-state index contributed by atoms with van der Waals surface area (Å²) in [4.78, 5) is 12.0. The molecule has 7 heteroatoms. The van der Waals surface area contributed by atoms with Crippen molar-refractivity contribution in [1.29, 1.82) is 0 Å². The number of amides is 1. The van der Waals surface area contributed by atoms with E-state index in [1.54, 1.807) is 24.3 Å². The first-order valence-corrected chi connectivity index (χ1v) is 9.80. The highest BCUT2D eigenvalue weighted by Crippen LogP contribution is 2.24. The van der Waals surface area contributed by atoms with E-state index in [2.05, 4.69) is 5.32 Å². The van der Waals surface area contributed by atoms with Gasteiger partial charge in [-0.15, -0.1) is 0 Å². The van der Waals surface area contributed by atoms with Crippen molar-refractivity contribution < 1.29 is 13.2 Å². The Labute approximate surface area is 143 Å². The van der Waals surface area contributed by atoms with Gasteiger partial charge in [-0.2, -0.15) is 0 Å². The minimum atomic E-state index is -3.41. The number of piperidine rings is 1. The lowest BCUT2D eigenvalue weighted by molar-refractivity contribution is -0.126. The maximum atomic E-state index is 12.5. The van der Waals surface area contributed by atoms with Gasteiger partial charge in [-0.3, -0.25) is 4.79 Å². The van der Waals surface area contributed by atoms with E-state index in [0.29, 0.717) is 36.5 Å². The first-order valence-electron chi connectivity index (χ1n) is 7.81. The lowest BCUT2D eigenvalue weighted by atomic mass is 9.97. The van der Waals surface area contributed by atoms with Crippen LogP contribution in [0.5, 0.6) is 0 Å². The van der Waals surface area contributed by atoms with Crippen molar-refractivity contribution in [3.8, 4) is 0 Å². The number of hydrogen-bond acceptors (Lipinski definition) is 3. The molecule has 1 aromatic carbocycles. The second-order valence-corrected chi connectivity index (χ2v) is 8.56. The van der Waals surface area contributed by atoms with Gasteiger partial charge in [-0.05, 0) is 38.3 Å². The lowest BCUT2D eigenvalue weighted by Crippen LogP contribution is -2.44. The third-order valence-electron chi connectivity index (χ3n) is 3.94. The molecule has 0 radical (unpaired) electrons. The quantitative estimate of drug-likeness (QED) is 0.878. The number of benzene rings is 1. The van der Waals surface area contributed by atoms with Crippen LogP contribution < -0.4 is 5.32 Å². The molecule has 1 fully saturated rings. The topological polar surface area (TPSA) is 66.5 Å². The first-order chi connectivity index (χ1) is 10.8. The number of nitrogens with zero attached hydrogens (tertiary/aromatic N) is 1. The molecular formula is C16H23ClN2O3S. The van der Waals surface area contributed by atoms with E-state index in [1.807, 2.05) is 13.8 Å². The fourth-order valence-electron chi connectivity index (χ4n) is 2.70. The van der Waals surface area contributed by atoms with Crippen LogP contribution in [-0.2, 0) is 20.6 Å². The maximum absolute atomic E-state index is 12.5. The summed E-state index contributed by atoms with van der Waals surface area (Å²) in [6.07, 6.45) is 1.11. The normalized spacial score (nSPS) is 17.4. The Morgan fingerprint density at radius 2 is 1.91 bits per heavy atom. The SMILES string of the molecule is CC(C)NC(=O)C1CCN(S(=O)(=O)Cc2ccccc2Cl)CC1. The Morgan fingerprint density at radius 1 is 1.30 bits per heavy atom. The Kier molecular flexibility index (Phi) is 6.06. The average molecular weight is 359 g/mol.